The molecule has 2 heterocycles. The van der Waals surface area contributed by atoms with Gasteiger partial charge in [0.1, 0.15) is 6.04 Å². The van der Waals surface area contributed by atoms with Crippen LogP contribution in [-0.2, 0) is 4.79 Å². The number of nitrogens with one attached hydrogen (secondary N) is 1. The number of anilines is 1. The van der Waals surface area contributed by atoms with E-state index in [0.717, 1.165) is 16.8 Å². The quantitative estimate of drug-likeness (QED) is 0.948. The van der Waals surface area contributed by atoms with Crippen LogP contribution in [0.25, 0.3) is 0 Å². The van der Waals surface area contributed by atoms with Crippen LogP contribution in [0.15, 0.2) is 34.9 Å². The molecule has 2 amide bonds. The van der Waals surface area contributed by atoms with Crippen LogP contribution in [0.2, 0.25) is 0 Å². The van der Waals surface area contributed by atoms with Crippen LogP contribution in [0.5, 0.6) is 0 Å². The number of carbonyl (C=O) groups is 2. The van der Waals surface area contributed by atoms with Crippen molar-refractivity contribution in [3.63, 3.8) is 0 Å². The number of aryl methyl sites for hydroxylation is 3. The molecule has 1 aromatic carbocycles. The Kier molecular flexibility index (Phi) is 3.94. The lowest BCUT2D eigenvalue weighted by molar-refractivity contribution is -0.118. The third-order valence-corrected chi connectivity index (χ3v) is 4.16. The van der Waals surface area contributed by atoms with E-state index in [2.05, 4.69) is 17.4 Å². The molecule has 23 heavy (non-hydrogen) atoms. The Morgan fingerprint density at radius 3 is 2.57 bits per heavy atom. The molecule has 120 valence electrons. The molecule has 1 atom stereocenters. The fourth-order valence-electron chi connectivity index (χ4n) is 3.27. The van der Waals surface area contributed by atoms with Gasteiger partial charge in [0.05, 0.1) is 6.26 Å². The summed E-state index contributed by atoms with van der Waals surface area (Å²) in [6, 6.07) is 6.87. The van der Waals surface area contributed by atoms with Crippen molar-refractivity contribution in [1.29, 1.82) is 0 Å². The van der Waals surface area contributed by atoms with Crippen molar-refractivity contribution < 1.29 is 14.0 Å². The van der Waals surface area contributed by atoms with Crippen LogP contribution < -0.4 is 10.2 Å². The molecule has 1 aliphatic rings. The summed E-state index contributed by atoms with van der Waals surface area (Å²) < 4.78 is 5.07. The molecule has 5 nitrogen and oxygen atoms in total. The van der Waals surface area contributed by atoms with Gasteiger partial charge in [-0.15, -0.1) is 0 Å². The van der Waals surface area contributed by atoms with E-state index in [1.165, 1.54) is 11.8 Å². The van der Waals surface area contributed by atoms with Gasteiger partial charge in [-0.3, -0.25) is 9.59 Å². The summed E-state index contributed by atoms with van der Waals surface area (Å²) in [5.41, 5.74) is 4.29. The van der Waals surface area contributed by atoms with Crippen molar-refractivity contribution in [3.8, 4) is 0 Å². The highest BCUT2D eigenvalue weighted by molar-refractivity contribution is 6.04. The predicted octanol–water partition coefficient (Wildman–Crippen LogP) is 2.74. The Bertz CT molecular complexity index is 727. The first-order valence-corrected chi connectivity index (χ1v) is 7.71. The van der Waals surface area contributed by atoms with Crippen LogP contribution in [0, 0.1) is 20.8 Å². The largest absolute Gasteiger partial charge is 0.459 e. The van der Waals surface area contributed by atoms with Gasteiger partial charge in [0.15, 0.2) is 5.76 Å². The predicted molar refractivity (Wildman–Crippen MR) is 87.6 cm³/mol. The first-order valence-electron chi connectivity index (χ1n) is 7.71. The lowest BCUT2D eigenvalue weighted by atomic mass is 10.0. The highest BCUT2D eigenvalue weighted by atomic mass is 16.3. The average Bonchev–Trinajstić information content (AvgIpc) is 3.11. The molecule has 1 N–H and O–H groups in total. The van der Waals surface area contributed by atoms with E-state index in [-0.39, 0.29) is 17.6 Å². The molecular formula is C18H20N2O3. The van der Waals surface area contributed by atoms with Gasteiger partial charge in [0, 0.05) is 12.2 Å². The third-order valence-electron chi connectivity index (χ3n) is 4.16. The van der Waals surface area contributed by atoms with Crippen LogP contribution >= 0.6 is 0 Å². The van der Waals surface area contributed by atoms with E-state index in [1.807, 2.05) is 20.8 Å². The fourth-order valence-corrected chi connectivity index (χ4v) is 3.27. The zero-order valence-corrected chi connectivity index (χ0v) is 13.6. The normalized spacial score (nSPS) is 17.6. The fraction of sp³-hybridized carbons (Fsp3) is 0.333. The van der Waals surface area contributed by atoms with Crippen molar-refractivity contribution in [1.82, 2.24) is 5.32 Å². The highest BCUT2D eigenvalue weighted by Gasteiger charge is 2.35. The molecule has 0 spiro atoms. The molecular weight excluding hydrogens is 292 g/mol. The molecule has 5 heteroatoms. The third kappa shape index (κ3) is 2.86. The highest BCUT2D eigenvalue weighted by Crippen LogP contribution is 2.30. The van der Waals surface area contributed by atoms with Gasteiger partial charge in [-0.25, -0.2) is 0 Å². The lowest BCUT2D eigenvalue weighted by Crippen LogP contribution is -2.41. The summed E-state index contributed by atoms with van der Waals surface area (Å²) in [7, 11) is 0. The molecule has 1 aromatic heterocycles. The minimum absolute atomic E-state index is 0.0695. The minimum atomic E-state index is -0.507. The van der Waals surface area contributed by atoms with Crippen molar-refractivity contribution >= 4 is 17.5 Å². The van der Waals surface area contributed by atoms with Crippen molar-refractivity contribution in [2.45, 2.75) is 33.2 Å². The summed E-state index contributed by atoms with van der Waals surface area (Å²) in [5.74, 6) is -0.202. The van der Waals surface area contributed by atoms with Crippen molar-refractivity contribution in [2.75, 3.05) is 11.4 Å². The first-order chi connectivity index (χ1) is 11.0. The van der Waals surface area contributed by atoms with E-state index in [0.29, 0.717) is 13.0 Å². The van der Waals surface area contributed by atoms with Gasteiger partial charge < -0.3 is 14.6 Å². The number of carbonyl (C=O) groups excluding carboxylic acids is 2. The summed E-state index contributed by atoms with van der Waals surface area (Å²) >= 11 is 0. The van der Waals surface area contributed by atoms with E-state index < -0.39 is 6.04 Å². The number of hydrogen-bond donors (Lipinski definition) is 1. The second kappa shape index (κ2) is 5.91. The van der Waals surface area contributed by atoms with Crippen molar-refractivity contribution in [3.05, 3.63) is 53.0 Å². The molecule has 3 rings (SSSR count). The maximum atomic E-state index is 12.7. The molecule has 0 aliphatic carbocycles. The smallest absolute Gasteiger partial charge is 0.287 e. The number of hydrogen-bond acceptors (Lipinski definition) is 3. The maximum absolute atomic E-state index is 12.7. The van der Waals surface area contributed by atoms with Gasteiger partial charge >= 0.3 is 0 Å². The molecule has 2 aromatic rings. The number of rotatable bonds is 3. The molecule has 0 radical (unpaired) electrons. The maximum Gasteiger partial charge on any atom is 0.287 e. The van der Waals surface area contributed by atoms with Gasteiger partial charge in [-0.1, -0.05) is 17.7 Å². The van der Waals surface area contributed by atoms with Crippen molar-refractivity contribution in [2.24, 2.45) is 0 Å². The van der Waals surface area contributed by atoms with Crippen LogP contribution in [-0.4, -0.2) is 24.4 Å². The monoisotopic (exact) mass is 312 g/mol. The van der Waals surface area contributed by atoms with Crippen LogP contribution in [0.1, 0.15) is 33.7 Å². The summed E-state index contributed by atoms with van der Waals surface area (Å²) in [6.07, 6.45) is 2.04. The standard InChI is InChI=1S/C18H20N2O3/c1-11-9-12(2)16(13(3)10-11)20-7-6-14(18(20)22)19-17(21)15-5-4-8-23-15/h4-5,8-10,14H,6-7H2,1-3H3,(H,19,21). The van der Waals surface area contributed by atoms with Gasteiger partial charge in [-0.2, -0.15) is 0 Å². The van der Waals surface area contributed by atoms with E-state index in [1.54, 1.807) is 17.0 Å². The average molecular weight is 312 g/mol. The van der Waals surface area contributed by atoms with E-state index in [9.17, 15) is 9.59 Å². The van der Waals surface area contributed by atoms with Gasteiger partial charge in [0.25, 0.3) is 5.91 Å². The SMILES string of the molecule is Cc1cc(C)c(N2CCC(NC(=O)c3ccco3)C2=O)c(C)c1. The van der Waals surface area contributed by atoms with Gasteiger partial charge in [0.2, 0.25) is 5.91 Å². The Morgan fingerprint density at radius 1 is 1.26 bits per heavy atom. The molecule has 1 saturated heterocycles. The molecule has 1 unspecified atom stereocenters. The topological polar surface area (TPSA) is 62.6 Å². The Balaban J connectivity index is 1.78. The zero-order chi connectivity index (χ0) is 16.6. The number of benzene rings is 1. The number of furan rings is 1. The van der Waals surface area contributed by atoms with Crippen LogP contribution in [0.3, 0.4) is 0 Å². The zero-order valence-electron chi connectivity index (χ0n) is 13.6. The molecule has 1 aliphatic heterocycles. The summed E-state index contributed by atoms with van der Waals surface area (Å²) in [4.78, 5) is 26.5. The first kappa shape index (κ1) is 15.3. The number of amides is 2. The second-order valence-corrected chi connectivity index (χ2v) is 6.03. The summed E-state index contributed by atoms with van der Waals surface area (Å²) in [5, 5.41) is 2.76. The Hall–Kier alpha value is -2.56. The summed E-state index contributed by atoms with van der Waals surface area (Å²) in [6.45, 7) is 6.67. The second-order valence-electron chi connectivity index (χ2n) is 6.03. The van der Waals surface area contributed by atoms with E-state index >= 15 is 0 Å². The molecule has 0 bridgehead atoms. The lowest BCUT2D eigenvalue weighted by Gasteiger charge is -2.22. The van der Waals surface area contributed by atoms with E-state index in [4.69, 9.17) is 4.42 Å². The number of nitrogens with zero attached hydrogens (tertiary/aromatic N) is 1. The molecule has 1 fully saturated rings. The Morgan fingerprint density at radius 2 is 1.96 bits per heavy atom. The van der Waals surface area contributed by atoms with Gasteiger partial charge in [-0.05, 0) is 50.5 Å². The minimum Gasteiger partial charge on any atom is -0.459 e. The Labute approximate surface area is 135 Å². The van der Waals surface area contributed by atoms with Crippen LogP contribution in [0.4, 0.5) is 5.69 Å². The molecule has 0 saturated carbocycles.